The number of fused-ring (bicyclic) bond motifs is 4. The zero-order valence-corrected chi connectivity index (χ0v) is 26.4. The predicted octanol–water partition coefficient (Wildman–Crippen LogP) is 1.60. The highest BCUT2D eigenvalue weighted by Crippen LogP contribution is 2.71. The molecule has 2 fully saturated rings. The molecule has 0 heterocycles. The quantitative estimate of drug-likeness (QED) is 0.134. The van der Waals surface area contributed by atoms with Crippen molar-refractivity contribution in [3.63, 3.8) is 0 Å². The number of hydrogen-bond acceptors (Lipinski definition) is 8. The minimum atomic E-state index is -1.70. The smallest absolute Gasteiger partial charge is 0.313 e. The molecule has 11 nitrogen and oxygen atoms in total. The average molecular weight is 604 g/mol. The Hall–Kier alpha value is -2.63. The zero-order valence-electron chi connectivity index (χ0n) is 26.4. The third-order valence-electron chi connectivity index (χ3n) is 12.7. The molecule has 0 spiro atoms. The Morgan fingerprint density at radius 3 is 2.21 bits per heavy atom. The Labute approximate surface area is 253 Å². The summed E-state index contributed by atoms with van der Waals surface area (Å²) in [6.45, 7) is 12.5. The van der Waals surface area contributed by atoms with E-state index in [1.54, 1.807) is 0 Å². The maximum absolute atomic E-state index is 14.3. The number of carbonyl (C=O) groups excluding carboxylic acids is 3. The summed E-state index contributed by atoms with van der Waals surface area (Å²) < 4.78 is 0. The van der Waals surface area contributed by atoms with Crippen LogP contribution >= 0.6 is 0 Å². The van der Waals surface area contributed by atoms with Gasteiger partial charge in [0.2, 0.25) is 0 Å². The number of carboxylic acids is 1. The maximum Gasteiger partial charge on any atom is 0.313 e. The summed E-state index contributed by atoms with van der Waals surface area (Å²) in [5, 5.41) is 44.2. The summed E-state index contributed by atoms with van der Waals surface area (Å²) in [7, 11) is 0. The summed E-state index contributed by atoms with van der Waals surface area (Å²) in [5.41, 5.74) is 9.01. The van der Waals surface area contributed by atoms with Gasteiger partial charge in [-0.15, -0.1) is 0 Å². The first kappa shape index (κ1) is 33.3. The van der Waals surface area contributed by atoms with Crippen molar-refractivity contribution in [1.29, 1.82) is 0 Å². The molecule has 0 aromatic heterocycles. The van der Waals surface area contributed by atoms with Crippen molar-refractivity contribution in [3.8, 4) is 0 Å². The first-order valence-electron chi connectivity index (χ1n) is 15.4. The van der Waals surface area contributed by atoms with E-state index in [1.807, 2.05) is 41.5 Å². The van der Waals surface area contributed by atoms with Crippen LogP contribution in [0.15, 0.2) is 16.1 Å². The number of ketones is 3. The summed E-state index contributed by atoms with van der Waals surface area (Å²) in [4.78, 5) is 55.9. The molecule has 4 aliphatic rings. The van der Waals surface area contributed by atoms with E-state index in [0.717, 1.165) is 0 Å². The van der Waals surface area contributed by atoms with Crippen molar-refractivity contribution < 1.29 is 39.6 Å². The van der Waals surface area contributed by atoms with E-state index in [-0.39, 0.29) is 42.8 Å². The van der Waals surface area contributed by atoms with Crippen LogP contribution in [0.1, 0.15) is 80.6 Å². The van der Waals surface area contributed by atoms with Crippen molar-refractivity contribution in [1.82, 2.24) is 0 Å². The fraction of sp³-hybridized carbons (Fsp3) is 0.781. The highest BCUT2D eigenvalue weighted by atomic mass is 16.4. The van der Waals surface area contributed by atoms with Gasteiger partial charge in [0.15, 0.2) is 17.5 Å². The number of nitrogens with two attached hydrogens (primary N) is 2. The number of allylic oxidation sites excluding steroid dienone is 1. The zero-order chi connectivity index (χ0) is 32.6. The first-order valence-corrected chi connectivity index (χ1v) is 15.4. The van der Waals surface area contributed by atoms with Crippen LogP contribution < -0.4 is 11.5 Å². The second kappa shape index (κ2) is 10.8. The molecule has 43 heavy (non-hydrogen) atoms. The molecule has 4 rings (SSSR count). The second-order valence-electron chi connectivity index (χ2n) is 14.9. The van der Waals surface area contributed by atoms with Crippen LogP contribution in [0.4, 0.5) is 0 Å². The molecule has 0 aromatic carbocycles. The largest absolute Gasteiger partial charge is 0.481 e. The molecule has 0 aromatic rings. The number of hydrogen-bond donors (Lipinski definition) is 6. The Morgan fingerprint density at radius 2 is 1.65 bits per heavy atom. The van der Waals surface area contributed by atoms with E-state index in [2.05, 4.69) is 4.99 Å². The predicted molar refractivity (Wildman–Crippen MR) is 158 cm³/mol. The Morgan fingerprint density at radius 1 is 1.05 bits per heavy atom. The van der Waals surface area contributed by atoms with Gasteiger partial charge in [0.05, 0.1) is 12.2 Å². The Kier molecular flexibility index (Phi) is 8.33. The molecule has 4 aliphatic carbocycles. The van der Waals surface area contributed by atoms with E-state index in [0.29, 0.717) is 30.4 Å². The SMILES string of the molecule is CC(C(=O)O)C(=O)C(O)C(CN=C(N)N)C(C)C1CC(O)C2(C)C3=C(C(=O)CC12C)C1(C)CCC(=O)C(C)(C)C1CC3O. The summed E-state index contributed by atoms with van der Waals surface area (Å²) in [6.07, 6.45) is -2.26. The molecule has 0 saturated heterocycles. The van der Waals surface area contributed by atoms with Gasteiger partial charge in [-0.05, 0) is 54.9 Å². The number of Topliss-reactive ketones (excluding diaryl/α,β-unsaturated/α-hetero) is 3. The van der Waals surface area contributed by atoms with E-state index in [4.69, 9.17) is 11.5 Å². The van der Waals surface area contributed by atoms with Gasteiger partial charge >= 0.3 is 5.97 Å². The molecule has 0 amide bonds. The highest BCUT2D eigenvalue weighted by molar-refractivity contribution is 6.01. The fourth-order valence-electron chi connectivity index (χ4n) is 9.78. The number of guanidine groups is 1. The second-order valence-corrected chi connectivity index (χ2v) is 14.9. The number of rotatable bonds is 8. The van der Waals surface area contributed by atoms with Crippen LogP contribution in [0.25, 0.3) is 0 Å². The third-order valence-corrected chi connectivity index (χ3v) is 12.7. The van der Waals surface area contributed by atoms with E-state index in [9.17, 15) is 39.6 Å². The van der Waals surface area contributed by atoms with Gasteiger partial charge in [-0.25, -0.2) is 0 Å². The van der Waals surface area contributed by atoms with Gasteiger partial charge in [0.1, 0.15) is 17.8 Å². The number of aliphatic hydroxyl groups is 3. The van der Waals surface area contributed by atoms with Crippen LogP contribution in [0.3, 0.4) is 0 Å². The lowest BCUT2D eigenvalue weighted by atomic mass is 9.42. The minimum Gasteiger partial charge on any atom is -0.481 e. The Bertz CT molecular complexity index is 1290. The lowest BCUT2D eigenvalue weighted by Crippen LogP contribution is -2.60. The van der Waals surface area contributed by atoms with E-state index >= 15 is 0 Å². The van der Waals surface area contributed by atoms with Crippen LogP contribution in [0.2, 0.25) is 0 Å². The molecule has 2 saturated carbocycles. The topological polar surface area (TPSA) is 214 Å². The van der Waals surface area contributed by atoms with Crippen LogP contribution in [0, 0.1) is 51.2 Å². The maximum atomic E-state index is 14.3. The number of carbonyl (C=O) groups is 4. The van der Waals surface area contributed by atoms with Gasteiger partial charge in [-0.2, -0.15) is 0 Å². The number of aliphatic hydroxyl groups excluding tert-OH is 3. The van der Waals surface area contributed by atoms with Gasteiger partial charge in [0, 0.05) is 47.1 Å². The van der Waals surface area contributed by atoms with Gasteiger partial charge in [-0.3, -0.25) is 24.2 Å². The molecule has 11 atom stereocenters. The molecule has 0 bridgehead atoms. The van der Waals surface area contributed by atoms with Crippen molar-refractivity contribution in [3.05, 3.63) is 11.1 Å². The summed E-state index contributed by atoms with van der Waals surface area (Å²) in [5.74, 6) is -6.03. The third kappa shape index (κ3) is 4.68. The standard InChI is InChI=1S/C32H49N3O8/c1-14(16(13-35-28(33)34)26(41)25(40)15(2)27(42)43)17-10-22(39)32(7)24-18(36)11-20-29(3,4)21(38)8-9-30(20,5)23(24)19(37)12-31(17,32)6/h14-18,20,22,26,36,39,41H,8-13H2,1-7H3,(H,42,43)(H4,33,34,35). The number of carboxylic acid groups (broad SMARTS) is 1. The number of nitrogens with zero attached hydrogens (tertiary/aromatic N) is 1. The summed E-state index contributed by atoms with van der Waals surface area (Å²) in [6, 6.07) is 0. The molecule has 240 valence electrons. The van der Waals surface area contributed by atoms with Crippen LogP contribution in [-0.2, 0) is 19.2 Å². The molecular formula is C32H49N3O8. The number of aliphatic carboxylic acids is 1. The monoisotopic (exact) mass is 603 g/mol. The first-order chi connectivity index (χ1) is 19.7. The van der Waals surface area contributed by atoms with Crippen LogP contribution in [-0.4, -0.2) is 74.6 Å². The molecule has 11 heteroatoms. The Balaban J connectivity index is 1.82. The van der Waals surface area contributed by atoms with Crippen molar-refractivity contribution >= 4 is 29.3 Å². The lowest BCUT2D eigenvalue weighted by Gasteiger charge is -2.61. The molecule has 0 aliphatic heterocycles. The number of aliphatic imine (C=N–C) groups is 1. The lowest BCUT2D eigenvalue weighted by molar-refractivity contribution is -0.150. The molecule has 0 radical (unpaired) electrons. The van der Waals surface area contributed by atoms with Crippen molar-refractivity contribution in [2.75, 3.05) is 6.54 Å². The van der Waals surface area contributed by atoms with Gasteiger partial charge in [-0.1, -0.05) is 41.5 Å². The highest BCUT2D eigenvalue weighted by Gasteiger charge is 2.70. The summed E-state index contributed by atoms with van der Waals surface area (Å²) >= 11 is 0. The molecule has 11 unspecified atom stereocenters. The van der Waals surface area contributed by atoms with Gasteiger partial charge in [0.25, 0.3) is 0 Å². The normalized spacial score (nSPS) is 39.6. The van der Waals surface area contributed by atoms with E-state index in [1.165, 1.54) is 6.92 Å². The van der Waals surface area contributed by atoms with Gasteiger partial charge < -0.3 is 31.9 Å². The molecule has 8 N–H and O–H groups in total. The molecular weight excluding hydrogens is 554 g/mol. The minimum absolute atomic E-state index is 0.0718. The van der Waals surface area contributed by atoms with Crippen LogP contribution in [0.5, 0.6) is 0 Å². The van der Waals surface area contributed by atoms with Crippen molar-refractivity contribution in [2.24, 2.45) is 67.7 Å². The van der Waals surface area contributed by atoms with E-state index < -0.39 is 75.4 Å². The van der Waals surface area contributed by atoms with Crippen molar-refractivity contribution in [2.45, 2.75) is 98.9 Å². The average Bonchev–Trinajstić information content (AvgIpc) is 3.11. The fourth-order valence-corrected chi connectivity index (χ4v) is 9.78.